The molecule has 114 valence electrons. The van der Waals surface area contributed by atoms with Crippen LogP contribution in [0.1, 0.15) is 27.2 Å². The van der Waals surface area contributed by atoms with E-state index in [4.69, 9.17) is 9.47 Å². The lowest BCUT2D eigenvalue weighted by Crippen LogP contribution is -2.44. The van der Waals surface area contributed by atoms with E-state index in [0.717, 1.165) is 0 Å². The number of alkyl carbamates (subject to hydrolysis) is 1. The summed E-state index contributed by atoms with van der Waals surface area (Å²) in [5.41, 5.74) is -0.701. The van der Waals surface area contributed by atoms with Gasteiger partial charge in [0, 0.05) is 13.7 Å². The maximum absolute atomic E-state index is 12.7. The summed E-state index contributed by atoms with van der Waals surface area (Å²) >= 11 is 0. The van der Waals surface area contributed by atoms with Gasteiger partial charge in [-0.3, -0.25) is 0 Å². The summed E-state index contributed by atoms with van der Waals surface area (Å²) in [5, 5.41) is 5.12. The van der Waals surface area contributed by atoms with Gasteiger partial charge in [0.1, 0.15) is 5.60 Å². The van der Waals surface area contributed by atoms with Gasteiger partial charge >= 0.3 is 6.09 Å². The van der Waals surface area contributed by atoms with E-state index >= 15 is 0 Å². The number of hydrogen-bond acceptors (Lipinski definition) is 4. The highest BCUT2D eigenvalue weighted by atomic mass is 19.3. The molecule has 0 aromatic carbocycles. The second-order valence-electron chi connectivity index (χ2n) is 5.12. The van der Waals surface area contributed by atoms with Crippen molar-refractivity contribution >= 4 is 6.09 Å². The predicted molar refractivity (Wildman–Crippen MR) is 68.5 cm³/mol. The van der Waals surface area contributed by atoms with E-state index in [0.29, 0.717) is 19.7 Å². The lowest BCUT2D eigenvalue weighted by atomic mass is 10.2. The molecular weight excluding hydrogens is 258 g/mol. The maximum Gasteiger partial charge on any atom is 0.408 e. The number of hydrogen-bond donors (Lipinski definition) is 2. The molecule has 0 saturated carbocycles. The highest BCUT2D eigenvalue weighted by Crippen LogP contribution is 2.09. The van der Waals surface area contributed by atoms with E-state index in [9.17, 15) is 13.6 Å². The molecule has 0 aliphatic rings. The molecule has 1 amide bonds. The zero-order valence-electron chi connectivity index (χ0n) is 12.0. The summed E-state index contributed by atoms with van der Waals surface area (Å²) in [6.07, 6.45) is -3.33. The molecule has 0 rings (SSSR count). The molecule has 19 heavy (non-hydrogen) atoms. The van der Waals surface area contributed by atoms with Crippen LogP contribution in [0.3, 0.4) is 0 Å². The van der Waals surface area contributed by atoms with Crippen molar-refractivity contribution in [3.05, 3.63) is 0 Å². The van der Waals surface area contributed by atoms with E-state index in [1.165, 1.54) is 0 Å². The number of ether oxygens (including phenoxy) is 2. The fraction of sp³-hybridized carbons (Fsp3) is 0.917. The molecular formula is C12H24F2N2O3. The van der Waals surface area contributed by atoms with Crippen molar-refractivity contribution in [1.29, 1.82) is 0 Å². The van der Waals surface area contributed by atoms with Crippen LogP contribution in [-0.2, 0) is 9.47 Å². The summed E-state index contributed by atoms with van der Waals surface area (Å²) < 4.78 is 35.2. The van der Waals surface area contributed by atoms with Crippen LogP contribution in [0.15, 0.2) is 0 Å². The van der Waals surface area contributed by atoms with Gasteiger partial charge in [-0.25, -0.2) is 13.6 Å². The van der Waals surface area contributed by atoms with Gasteiger partial charge in [-0.05, 0) is 33.7 Å². The Bertz CT molecular complexity index is 258. The number of nitrogens with one attached hydrogen (secondary N) is 2. The predicted octanol–water partition coefficient (Wildman–Crippen LogP) is 1.77. The molecule has 0 radical (unpaired) electrons. The molecule has 0 spiro atoms. The Balaban J connectivity index is 4.02. The van der Waals surface area contributed by atoms with Crippen molar-refractivity contribution in [1.82, 2.24) is 10.6 Å². The summed E-state index contributed by atoms with van der Waals surface area (Å²) in [4.78, 5) is 11.4. The molecule has 1 atom stereocenters. The fourth-order valence-electron chi connectivity index (χ4n) is 1.28. The number of halogens is 2. The molecule has 1 unspecified atom stereocenters. The van der Waals surface area contributed by atoms with E-state index < -0.39 is 24.2 Å². The first-order valence-electron chi connectivity index (χ1n) is 6.23. The van der Waals surface area contributed by atoms with Crippen LogP contribution in [0, 0.1) is 0 Å². The van der Waals surface area contributed by atoms with Crippen LogP contribution < -0.4 is 10.6 Å². The molecule has 0 aromatic heterocycles. The Morgan fingerprint density at radius 1 is 1.26 bits per heavy atom. The van der Waals surface area contributed by atoms with Gasteiger partial charge < -0.3 is 20.1 Å². The summed E-state index contributed by atoms with van der Waals surface area (Å²) in [6.45, 7) is 6.49. The van der Waals surface area contributed by atoms with Crippen LogP contribution in [0.5, 0.6) is 0 Å². The quantitative estimate of drug-likeness (QED) is 0.666. The van der Waals surface area contributed by atoms with Gasteiger partial charge in [-0.1, -0.05) is 0 Å². The Morgan fingerprint density at radius 3 is 2.37 bits per heavy atom. The first-order chi connectivity index (χ1) is 8.76. The third-order valence-corrected chi connectivity index (χ3v) is 2.12. The molecule has 5 nitrogen and oxygen atoms in total. The standard InChI is InChI=1S/C12H24F2N2O3/c1-12(2,3)19-11(17)16-9(10(13)14)5-6-15-7-8-18-4/h9-10,15H,5-8H2,1-4H3,(H,16,17). The van der Waals surface area contributed by atoms with Crippen LogP contribution in [0.25, 0.3) is 0 Å². The van der Waals surface area contributed by atoms with Gasteiger partial charge in [0.2, 0.25) is 0 Å². The third-order valence-electron chi connectivity index (χ3n) is 2.12. The molecule has 0 heterocycles. The highest BCUT2D eigenvalue weighted by molar-refractivity contribution is 5.68. The first kappa shape index (κ1) is 18.0. The van der Waals surface area contributed by atoms with Crippen LogP contribution in [-0.4, -0.2) is 51.0 Å². The average Bonchev–Trinajstić information content (AvgIpc) is 2.24. The lowest BCUT2D eigenvalue weighted by Gasteiger charge is -2.23. The van der Waals surface area contributed by atoms with Crippen LogP contribution in [0.4, 0.5) is 13.6 Å². The SMILES string of the molecule is COCCNCCC(NC(=O)OC(C)(C)C)C(F)F. The molecule has 0 aliphatic heterocycles. The maximum atomic E-state index is 12.7. The molecule has 0 bridgehead atoms. The summed E-state index contributed by atoms with van der Waals surface area (Å²) in [7, 11) is 1.56. The van der Waals surface area contributed by atoms with Crippen molar-refractivity contribution < 1.29 is 23.0 Å². The van der Waals surface area contributed by atoms with Crippen molar-refractivity contribution in [3.8, 4) is 0 Å². The normalized spacial score (nSPS) is 13.4. The average molecular weight is 282 g/mol. The second-order valence-corrected chi connectivity index (χ2v) is 5.12. The van der Waals surface area contributed by atoms with Gasteiger partial charge in [0.15, 0.2) is 0 Å². The zero-order valence-corrected chi connectivity index (χ0v) is 12.0. The Morgan fingerprint density at radius 2 is 1.89 bits per heavy atom. The van der Waals surface area contributed by atoms with Crippen molar-refractivity contribution in [2.45, 2.75) is 45.3 Å². The molecule has 0 fully saturated rings. The van der Waals surface area contributed by atoms with Gasteiger partial charge in [-0.15, -0.1) is 0 Å². The molecule has 7 heteroatoms. The van der Waals surface area contributed by atoms with E-state index in [-0.39, 0.29) is 6.42 Å². The number of alkyl halides is 2. The first-order valence-corrected chi connectivity index (χ1v) is 6.23. The Labute approximate surface area is 113 Å². The number of carbonyl (C=O) groups excluding carboxylic acids is 1. The topological polar surface area (TPSA) is 59.6 Å². The smallest absolute Gasteiger partial charge is 0.408 e. The lowest BCUT2D eigenvalue weighted by molar-refractivity contribution is 0.0364. The van der Waals surface area contributed by atoms with Gasteiger partial charge in [0.25, 0.3) is 6.43 Å². The highest BCUT2D eigenvalue weighted by Gasteiger charge is 2.25. The minimum atomic E-state index is -2.63. The van der Waals surface area contributed by atoms with Crippen molar-refractivity contribution in [2.24, 2.45) is 0 Å². The van der Waals surface area contributed by atoms with E-state index in [1.807, 2.05) is 0 Å². The number of amides is 1. The summed E-state index contributed by atoms with van der Waals surface area (Å²) in [5.74, 6) is 0. The van der Waals surface area contributed by atoms with Crippen molar-refractivity contribution in [2.75, 3.05) is 26.8 Å². The van der Waals surface area contributed by atoms with Gasteiger partial charge in [-0.2, -0.15) is 0 Å². The summed E-state index contributed by atoms with van der Waals surface area (Å²) in [6, 6.07) is -1.22. The molecule has 0 aromatic rings. The zero-order chi connectivity index (χ0) is 14.9. The largest absolute Gasteiger partial charge is 0.444 e. The minimum Gasteiger partial charge on any atom is -0.444 e. The van der Waals surface area contributed by atoms with Crippen molar-refractivity contribution in [3.63, 3.8) is 0 Å². The minimum absolute atomic E-state index is 0.126. The van der Waals surface area contributed by atoms with Gasteiger partial charge in [0.05, 0.1) is 12.6 Å². The molecule has 0 aliphatic carbocycles. The Hall–Kier alpha value is -0.950. The van der Waals surface area contributed by atoms with E-state index in [1.54, 1.807) is 27.9 Å². The number of carbonyl (C=O) groups is 1. The number of rotatable bonds is 8. The third kappa shape index (κ3) is 10.6. The van der Waals surface area contributed by atoms with Crippen LogP contribution in [0.2, 0.25) is 0 Å². The Kier molecular flexibility index (Phi) is 8.58. The second kappa shape index (κ2) is 9.03. The number of methoxy groups -OCH3 is 1. The van der Waals surface area contributed by atoms with E-state index in [2.05, 4.69) is 10.6 Å². The molecule has 0 saturated heterocycles. The van der Waals surface area contributed by atoms with Crippen LogP contribution >= 0.6 is 0 Å². The molecule has 2 N–H and O–H groups in total. The fourth-order valence-corrected chi connectivity index (χ4v) is 1.28. The monoisotopic (exact) mass is 282 g/mol.